The zero-order chi connectivity index (χ0) is 15.7. The van der Waals surface area contributed by atoms with E-state index in [1.54, 1.807) is 0 Å². The molecular weight excluding hydrogens is 266 g/mol. The SMILES string of the molecule is CCN(C)C[C@@H](C)CNC(=O)CCC(=O)NC1CCCC1. The topological polar surface area (TPSA) is 61.4 Å². The lowest BCUT2D eigenvalue weighted by Crippen LogP contribution is -2.36. The summed E-state index contributed by atoms with van der Waals surface area (Å²) in [5.41, 5.74) is 0. The highest BCUT2D eigenvalue weighted by Crippen LogP contribution is 2.17. The molecule has 1 aliphatic carbocycles. The fraction of sp³-hybridized carbons (Fsp3) is 0.875. The first-order valence-corrected chi connectivity index (χ1v) is 8.25. The summed E-state index contributed by atoms with van der Waals surface area (Å²) in [6.45, 7) is 6.90. The lowest BCUT2D eigenvalue weighted by Gasteiger charge is -2.19. The third kappa shape index (κ3) is 8.05. The van der Waals surface area contributed by atoms with Crippen LogP contribution in [0.5, 0.6) is 0 Å². The minimum Gasteiger partial charge on any atom is -0.356 e. The number of hydrogen-bond donors (Lipinski definition) is 2. The lowest BCUT2D eigenvalue weighted by atomic mass is 10.1. The third-order valence-corrected chi connectivity index (χ3v) is 4.11. The van der Waals surface area contributed by atoms with Crippen molar-refractivity contribution in [3.63, 3.8) is 0 Å². The van der Waals surface area contributed by atoms with Crippen molar-refractivity contribution in [1.29, 1.82) is 0 Å². The lowest BCUT2D eigenvalue weighted by molar-refractivity contribution is -0.126. The Balaban J connectivity index is 2.08. The van der Waals surface area contributed by atoms with Crippen LogP contribution in [0.1, 0.15) is 52.4 Å². The first-order chi connectivity index (χ1) is 10.0. The van der Waals surface area contributed by atoms with Gasteiger partial charge in [-0.2, -0.15) is 0 Å². The molecule has 0 aliphatic heterocycles. The molecule has 0 spiro atoms. The third-order valence-electron chi connectivity index (χ3n) is 4.11. The quantitative estimate of drug-likeness (QED) is 0.678. The molecule has 0 bridgehead atoms. The van der Waals surface area contributed by atoms with Gasteiger partial charge in [-0.15, -0.1) is 0 Å². The van der Waals surface area contributed by atoms with E-state index < -0.39 is 0 Å². The Bertz CT molecular complexity index is 327. The van der Waals surface area contributed by atoms with Crippen LogP contribution in [-0.4, -0.2) is 49.4 Å². The Morgan fingerprint density at radius 2 is 1.81 bits per heavy atom. The smallest absolute Gasteiger partial charge is 0.220 e. The Labute approximate surface area is 128 Å². The van der Waals surface area contributed by atoms with Gasteiger partial charge in [0.05, 0.1) is 0 Å². The summed E-state index contributed by atoms with van der Waals surface area (Å²) >= 11 is 0. The number of hydrogen-bond acceptors (Lipinski definition) is 3. The maximum atomic E-state index is 11.7. The van der Waals surface area contributed by atoms with Crippen molar-refractivity contribution in [1.82, 2.24) is 15.5 Å². The maximum Gasteiger partial charge on any atom is 0.220 e. The molecule has 0 heterocycles. The summed E-state index contributed by atoms with van der Waals surface area (Å²) in [5, 5.41) is 5.92. The van der Waals surface area contributed by atoms with Gasteiger partial charge in [-0.1, -0.05) is 26.7 Å². The maximum absolute atomic E-state index is 11.7. The summed E-state index contributed by atoms with van der Waals surface area (Å²) < 4.78 is 0. The summed E-state index contributed by atoms with van der Waals surface area (Å²) in [7, 11) is 2.08. The van der Waals surface area contributed by atoms with E-state index in [0.717, 1.165) is 25.9 Å². The fourth-order valence-corrected chi connectivity index (χ4v) is 2.70. The largest absolute Gasteiger partial charge is 0.356 e. The van der Waals surface area contributed by atoms with E-state index in [0.29, 0.717) is 24.9 Å². The highest BCUT2D eigenvalue weighted by atomic mass is 16.2. The molecule has 0 radical (unpaired) electrons. The standard InChI is InChI=1S/C16H31N3O2/c1-4-19(3)12-13(2)11-17-15(20)9-10-16(21)18-14-7-5-6-8-14/h13-14H,4-12H2,1-3H3,(H,17,20)(H,18,21)/t13-/m0/s1. The van der Waals surface area contributed by atoms with Crippen molar-refractivity contribution in [3.8, 4) is 0 Å². The van der Waals surface area contributed by atoms with Gasteiger partial charge in [-0.05, 0) is 32.4 Å². The first-order valence-electron chi connectivity index (χ1n) is 8.25. The molecule has 0 aromatic carbocycles. The molecule has 2 amide bonds. The average molecular weight is 297 g/mol. The molecular formula is C16H31N3O2. The Morgan fingerprint density at radius 1 is 1.19 bits per heavy atom. The average Bonchev–Trinajstić information content (AvgIpc) is 2.95. The van der Waals surface area contributed by atoms with Crippen LogP contribution in [0.3, 0.4) is 0 Å². The van der Waals surface area contributed by atoms with Crippen LogP contribution in [0.25, 0.3) is 0 Å². The molecule has 0 unspecified atom stereocenters. The number of nitrogens with one attached hydrogen (secondary N) is 2. The molecule has 1 aliphatic rings. The van der Waals surface area contributed by atoms with Gasteiger partial charge >= 0.3 is 0 Å². The van der Waals surface area contributed by atoms with Crippen molar-refractivity contribution in [2.24, 2.45) is 5.92 Å². The van der Waals surface area contributed by atoms with E-state index in [2.05, 4.69) is 36.4 Å². The van der Waals surface area contributed by atoms with Crippen molar-refractivity contribution < 1.29 is 9.59 Å². The molecule has 21 heavy (non-hydrogen) atoms. The van der Waals surface area contributed by atoms with Crippen molar-refractivity contribution >= 4 is 11.8 Å². The van der Waals surface area contributed by atoms with E-state index in [9.17, 15) is 9.59 Å². The van der Waals surface area contributed by atoms with E-state index in [4.69, 9.17) is 0 Å². The van der Waals surface area contributed by atoms with Gasteiger partial charge in [0.25, 0.3) is 0 Å². The zero-order valence-electron chi connectivity index (χ0n) is 13.8. The molecule has 5 nitrogen and oxygen atoms in total. The van der Waals surface area contributed by atoms with Crippen LogP contribution >= 0.6 is 0 Å². The van der Waals surface area contributed by atoms with Gasteiger partial charge in [0.2, 0.25) is 11.8 Å². The van der Waals surface area contributed by atoms with Gasteiger partial charge in [0.1, 0.15) is 0 Å². The van der Waals surface area contributed by atoms with Crippen LogP contribution in [0, 0.1) is 5.92 Å². The normalized spacial score (nSPS) is 17.0. The molecule has 1 atom stereocenters. The summed E-state index contributed by atoms with van der Waals surface area (Å²) in [5.74, 6) is 0.407. The van der Waals surface area contributed by atoms with Gasteiger partial charge in [0.15, 0.2) is 0 Å². The van der Waals surface area contributed by atoms with Crippen LogP contribution in [0.15, 0.2) is 0 Å². The molecule has 1 rings (SSSR count). The van der Waals surface area contributed by atoms with Crippen LogP contribution < -0.4 is 10.6 Å². The van der Waals surface area contributed by atoms with Gasteiger partial charge in [0, 0.05) is 32.0 Å². The predicted octanol–water partition coefficient (Wildman–Crippen LogP) is 1.53. The predicted molar refractivity (Wildman–Crippen MR) is 85.0 cm³/mol. The summed E-state index contributed by atoms with van der Waals surface area (Å²) in [4.78, 5) is 25.7. The molecule has 0 aromatic rings. The van der Waals surface area contributed by atoms with E-state index >= 15 is 0 Å². The molecule has 5 heteroatoms. The summed E-state index contributed by atoms with van der Waals surface area (Å²) in [6.07, 6.45) is 5.16. The second kappa shape index (κ2) is 9.77. The highest BCUT2D eigenvalue weighted by Gasteiger charge is 2.17. The number of carbonyl (C=O) groups excluding carboxylic acids is 2. The van der Waals surface area contributed by atoms with E-state index in [-0.39, 0.29) is 18.2 Å². The monoisotopic (exact) mass is 297 g/mol. The number of rotatable bonds is 9. The van der Waals surface area contributed by atoms with Crippen molar-refractivity contribution in [3.05, 3.63) is 0 Å². The van der Waals surface area contributed by atoms with Crippen LogP contribution in [0.2, 0.25) is 0 Å². The number of nitrogens with zero attached hydrogens (tertiary/aromatic N) is 1. The first kappa shape index (κ1) is 18.0. The van der Waals surface area contributed by atoms with E-state index in [1.807, 2.05) is 0 Å². The zero-order valence-corrected chi connectivity index (χ0v) is 13.8. The van der Waals surface area contributed by atoms with Gasteiger partial charge in [-0.25, -0.2) is 0 Å². The van der Waals surface area contributed by atoms with Crippen molar-refractivity contribution in [2.75, 3.05) is 26.7 Å². The van der Waals surface area contributed by atoms with Crippen LogP contribution in [0.4, 0.5) is 0 Å². The molecule has 1 fully saturated rings. The number of carbonyl (C=O) groups is 2. The number of amides is 2. The highest BCUT2D eigenvalue weighted by molar-refractivity contribution is 5.83. The van der Waals surface area contributed by atoms with Gasteiger partial charge in [-0.3, -0.25) is 9.59 Å². The molecule has 0 saturated heterocycles. The van der Waals surface area contributed by atoms with Crippen LogP contribution in [-0.2, 0) is 9.59 Å². The van der Waals surface area contributed by atoms with Gasteiger partial charge < -0.3 is 15.5 Å². The molecule has 0 aromatic heterocycles. The van der Waals surface area contributed by atoms with E-state index in [1.165, 1.54) is 12.8 Å². The molecule has 1 saturated carbocycles. The second-order valence-corrected chi connectivity index (χ2v) is 6.31. The Morgan fingerprint density at radius 3 is 2.43 bits per heavy atom. The van der Waals surface area contributed by atoms with Crippen molar-refractivity contribution in [2.45, 2.75) is 58.4 Å². The second-order valence-electron chi connectivity index (χ2n) is 6.31. The Hall–Kier alpha value is -1.10. The Kier molecular flexibility index (Phi) is 8.35. The minimum absolute atomic E-state index is 0.0100. The molecule has 122 valence electrons. The molecule has 2 N–H and O–H groups in total. The minimum atomic E-state index is -0.0254. The fourth-order valence-electron chi connectivity index (χ4n) is 2.70. The summed E-state index contributed by atoms with van der Waals surface area (Å²) in [6, 6.07) is 0.338.